The van der Waals surface area contributed by atoms with Gasteiger partial charge in [-0.2, -0.15) is 0 Å². The lowest BCUT2D eigenvalue weighted by Gasteiger charge is -2.11. The number of aromatic nitrogens is 2. The minimum atomic E-state index is 1.23. The molecule has 2 heteroatoms. The Morgan fingerprint density at radius 1 is 0.232 bits per heavy atom. The van der Waals surface area contributed by atoms with Crippen LogP contribution in [0.3, 0.4) is 0 Å². The van der Waals surface area contributed by atoms with Crippen molar-refractivity contribution in [1.82, 2.24) is 8.80 Å². The smallest absolute Gasteiger partial charge is 0.0634 e. The molecule has 0 spiro atoms. The highest BCUT2D eigenvalue weighted by molar-refractivity contribution is 6.45. The van der Waals surface area contributed by atoms with E-state index in [0.29, 0.717) is 0 Å². The number of nitrogens with zero attached hydrogens (tertiary/aromatic N) is 2. The highest BCUT2D eigenvalue weighted by atomic mass is 14.9. The Bertz CT molecular complexity index is 3430. The van der Waals surface area contributed by atoms with E-state index in [2.05, 4.69) is 203 Å². The van der Waals surface area contributed by atoms with Gasteiger partial charge in [0.15, 0.2) is 0 Å². The highest BCUT2D eigenvalue weighted by Gasteiger charge is 2.29. The molecule has 13 aromatic rings. The van der Waals surface area contributed by atoms with E-state index in [1.165, 1.54) is 121 Å². The molecule has 9 aromatic carbocycles. The molecule has 0 unspecified atom stereocenters. The minimum absolute atomic E-state index is 1.23. The Labute approximate surface area is 322 Å². The lowest BCUT2D eigenvalue weighted by Crippen LogP contribution is -1.86. The zero-order valence-electron chi connectivity index (χ0n) is 30.4. The van der Waals surface area contributed by atoms with Gasteiger partial charge < -0.3 is 8.80 Å². The summed E-state index contributed by atoms with van der Waals surface area (Å²) in [4.78, 5) is 0. The number of hydrogen-bond acceptors (Lipinski definition) is 0. The lowest BCUT2D eigenvalue weighted by atomic mass is 9.92. The van der Waals surface area contributed by atoms with Crippen molar-refractivity contribution in [1.29, 1.82) is 0 Å². The van der Waals surface area contributed by atoms with E-state index < -0.39 is 0 Å². The van der Waals surface area contributed by atoms with Gasteiger partial charge >= 0.3 is 0 Å². The van der Waals surface area contributed by atoms with Crippen molar-refractivity contribution < 1.29 is 0 Å². The summed E-state index contributed by atoms with van der Waals surface area (Å²) in [5.74, 6) is 0. The number of benzene rings is 9. The van der Waals surface area contributed by atoms with Gasteiger partial charge in [-0.15, -0.1) is 0 Å². The molecule has 0 bridgehead atoms. The number of para-hydroxylation sites is 2. The first-order valence-corrected chi connectivity index (χ1v) is 19.4. The molecule has 0 saturated heterocycles. The van der Waals surface area contributed by atoms with Crippen LogP contribution in [0.4, 0.5) is 0 Å². The van der Waals surface area contributed by atoms with Crippen LogP contribution in [-0.4, -0.2) is 8.80 Å². The summed E-state index contributed by atoms with van der Waals surface area (Å²) < 4.78 is 5.10. The molecule has 56 heavy (non-hydrogen) atoms. The molecule has 0 saturated carbocycles. The van der Waals surface area contributed by atoms with E-state index in [1.807, 2.05) is 0 Å². The van der Waals surface area contributed by atoms with Gasteiger partial charge in [0.25, 0.3) is 0 Å². The third-order valence-electron chi connectivity index (χ3n) is 12.4. The summed E-state index contributed by atoms with van der Waals surface area (Å²) in [6.07, 6.45) is 0. The van der Waals surface area contributed by atoms with Crippen LogP contribution in [0.2, 0.25) is 0 Å². The maximum absolute atomic E-state index is 2.55. The monoisotopic (exact) mass is 708 g/mol. The Balaban J connectivity index is 1.20. The molecule has 0 fully saturated rings. The van der Waals surface area contributed by atoms with Crippen molar-refractivity contribution in [3.8, 4) is 44.5 Å². The average molecular weight is 709 g/mol. The molecule has 0 radical (unpaired) electrons. The summed E-state index contributed by atoms with van der Waals surface area (Å²) in [6, 6.07) is 71.5. The van der Waals surface area contributed by atoms with Crippen LogP contribution in [0, 0.1) is 0 Å². The molecule has 2 nitrogen and oxygen atoms in total. The van der Waals surface area contributed by atoms with E-state index in [4.69, 9.17) is 0 Å². The SMILES string of the molecule is c1ccc(-c2ccccc2-c2ccc3c(c2)c2c4c5ccccc5n5c6ccc(-c7ccccc7-c7ccccc7)cc6c(c6c7ccccc7n3c62)c45)cc1. The third kappa shape index (κ3) is 3.85. The molecule has 0 aliphatic heterocycles. The van der Waals surface area contributed by atoms with Crippen LogP contribution in [0.5, 0.6) is 0 Å². The summed E-state index contributed by atoms with van der Waals surface area (Å²) in [7, 11) is 0. The zero-order chi connectivity index (χ0) is 36.5. The van der Waals surface area contributed by atoms with Gasteiger partial charge in [-0.05, 0) is 80.9 Å². The Kier molecular flexibility index (Phi) is 5.92. The predicted octanol–water partition coefficient (Wildman–Crippen LogP) is 14.7. The Morgan fingerprint density at radius 2 is 0.554 bits per heavy atom. The second-order valence-electron chi connectivity index (χ2n) is 15.2. The fourth-order valence-corrected chi connectivity index (χ4v) is 10.1. The van der Waals surface area contributed by atoms with Crippen molar-refractivity contribution in [2.24, 2.45) is 0 Å². The van der Waals surface area contributed by atoms with E-state index >= 15 is 0 Å². The third-order valence-corrected chi connectivity index (χ3v) is 12.4. The quantitative estimate of drug-likeness (QED) is 0.172. The van der Waals surface area contributed by atoms with E-state index in [1.54, 1.807) is 0 Å². The van der Waals surface area contributed by atoms with Crippen LogP contribution in [0.25, 0.3) is 121 Å². The van der Waals surface area contributed by atoms with Gasteiger partial charge in [-0.25, -0.2) is 0 Å². The van der Waals surface area contributed by atoms with Gasteiger partial charge in [0.1, 0.15) is 0 Å². The molecule has 13 rings (SSSR count). The molecule has 0 atom stereocenters. The van der Waals surface area contributed by atoms with Gasteiger partial charge in [0, 0.05) is 43.1 Å². The topological polar surface area (TPSA) is 8.82 Å². The summed E-state index contributed by atoms with van der Waals surface area (Å²) in [5.41, 5.74) is 17.5. The molecule has 0 aliphatic rings. The van der Waals surface area contributed by atoms with Crippen LogP contribution in [0.15, 0.2) is 194 Å². The predicted molar refractivity (Wildman–Crippen MR) is 238 cm³/mol. The van der Waals surface area contributed by atoms with Gasteiger partial charge in [-0.3, -0.25) is 0 Å². The standard InChI is InChI=1S/C54H32N2/c1-3-15-33(16-4-1)37-19-7-9-21-39(37)35-27-29-47-43(31-35)51-49-41-23-11-14-26-46(41)56-48-30-28-36(40-22-10-8-20-38(40)34-17-5-2-6-18-34)32-44(48)52(54(49)56)50-42-24-12-13-25-45(42)55(47)53(50)51/h1-32H. The first kappa shape index (κ1) is 30.0. The van der Waals surface area contributed by atoms with E-state index in [0.717, 1.165) is 0 Å². The second-order valence-corrected chi connectivity index (χ2v) is 15.2. The molecule has 4 aromatic heterocycles. The maximum atomic E-state index is 2.55. The van der Waals surface area contributed by atoms with Crippen LogP contribution in [0.1, 0.15) is 0 Å². The Morgan fingerprint density at radius 3 is 0.982 bits per heavy atom. The van der Waals surface area contributed by atoms with Gasteiger partial charge in [-0.1, -0.05) is 158 Å². The largest absolute Gasteiger partial charge is 0.308 e. The van der Waals surface area contributed by atoms with Crippen molar-refractivity contribution in [3.63, 3.8) is 0 Å². The minimum Gasteiger partial charge on any atom is -0.308 e. The molecular weight excluding hydrogens is 677 g/mol. The first-order chi connectivity index (χ1) is 27.8. The molecule has 258 valence electrons. The normalized spacial score (nSPS) is 12.3. The van der Waals surface area contributed by atoms with Crippen LogP contribution >= 0.6 is 0 Å². The molecule has 4 heterocycles. The summed E-state index contributed by atoms with van der Waals surface area (Å²) in [5, 5.41) is 10.5. The lowest BCUT2D eigenvalue weighted by molar-refractivity contribution is 1.37. The molecular formula is C54H32N2. The van der Waals surface area contributed by atoms with Crippen molar-refractivity contribution in [2.75, 3.05) is 0 Å². The summed E-state index contributed by atoms with van der Waals surface area (Å²) in [6.45, 7) is 0. The summed E-state index contributed by atoms with van der Waals surface area (Å²) >= 11 is 0. The second kappa shape index (κ2) is 11.1. The fourth-order valence-electron chi connectivity index (χ4n) is 10.1. The fraction of sp³-hybridized carbons (Fsp3) is 0. The van der Waals surface area contributed by atoms with E-state index in [9.17, 15) is 0 Å². The van der Waals surface area contributed by atoms with Crippen molar-refractivity contribution in [2.45, 2.75) is 0 Å². The molecule has 0 amide bonds. The maximum Gasteiger partial charge on any atom is 0.0634 e. The molecule has 0 N–H and O–H groups in total. The first-order valence-electron chi connectivity index (χ1n) is 19.4. The Hall–Kier alpha value is -7.42. The zero-order valence-corrected chi connectivity index (χ0v) is 30.4. The average Bonchev–Trinajstić information content (AvgIpc) is 4.00. The van der Waals surface area contributed by atoms with Crippen LogP contribution in [-0.2, 0) is 0 Å². The number of rotatable bonds is 4. The highest BCUT2D eigenvalue weighted by Crippen LogP contribution is 2.52. The number of hydrogen-bond donors (Lipinski definition) is 0. The van der Waals surface area contributed by atoms with Crippen molar-refractivity contribution >= 4 is 76.2 Å². The molecule has 0 aliphatic carbocycles. The van der Waals surface area contributed by atoms with E-state index in [-0.39, 0.29) is 0 Å². The van der Waals surface area contributed by atoms with Gasteiger partial charge in [0.05, 0.1) is 33.1 Å². The van der Waals surface area contributed by atoms with Gasteiger partial charge in [0.2, 0.25) is 0 Å². The van der Waals surface area contributed by atoms with Crippen LogP contribution < -0.4 is 0 Å². The number of fused-ring (bicyclic) bond motifs is 14. The van der Waals surface area contributed by atoms with Crippen molar-refractivity contribution in [3.05, 3.63) is 194 Å².